The van der Waals surface area contributed by atoms with Gasteiger partial charge < -0.3 is 0 Å². The highest BCUT2D eigenvalue weighted by atomic mass is 35.5. The zero-order valence-electron chi connectivity index (χ0n) is 16.4. The second-order valence-electron chi connectivity index (χ2n) is 6.89. The predicted octanol–water partition coefficient (Wildman–Crippen LogP) is 7.42. The molecule has 1 heterocycles. The van der Waals surface area contributed by atoms with Crippen LogP contribution in [0.3, 0.4) is 0 Å². The van der Waals surface area contributed by atoms with E-state index in [-0.39, 0.29) is 5.91 Å². The molecule has 0 aliphatic carbocycles. The molecule has 1 amide bonds. The number of nitrogens with zero attached hydrogens (tertiary/aromatic N) is 2. The molecule has 6 heteroatoms. The number of aryl methyl sites for hydroxylation is 1. The predicted molar refractivity (Wildman–Crippen MR) is 129 cm³/mol. The van der Waals surface area contributed by atoms with Crippen LogP contribution < -0.4 is 4.90 Å². The van der Waals surface area contributed by atoms with Crippen molar-refractivity contribution in [3.63, 3.8) is 0 Å². The lowest BCUT2D eigenvalue weighted by atomic mass is 10.0. The minimum atomic E-state index is -0.115. The number of anilines is 1. The molecule has 0 atom stereocenters. The Hall–Kier alpha value is -2.53. The number of rotatable bonds is 3. The Balaban J connectivity index is 1.79. The van der Waals surface area contributed by atoms with Gasteiger partial charge in [0, 0.05) is 10.0 Å². The van der Waals surface area contributed by atoms with Gasteiger partial charge in [0.1, 0.15) is 0 Å². The first-order valence-electron chi connectivity index (χ1n) is 9.32. The van der Waals surface area contributed by atoms with Crippen molar-refractivity contribution in [1.29, 1.82) is 0 Å². The largest absolute Gasteiger partial charge is 0.271 e. The topological polar surface area (TPSA) is 32.7 Å². The second-order valence-corrected chi connectivity index (χ2v) is 8.77. The van der Waals surface area contributed by atoms with Gasteiger partial charge in [0.05, 0.1) is 16.3 Å². The summed E-state index contributed by atoms with van der Waals surface area (Å²) in [7, 11) is 0. The summed E-state index contributed by atoms with van der Waals surface area (Å²) in [6.45, 7) is 4.12. The molecule has 3 nitrogen and oxygen atoms in total. The zero-order valence-corrected chi connectivity index (χ0v) is 18.7. The Labute approximate surface area is 190 Å². The molecule has 0 bridgehead atoms. The van der Waals surface area contributed by atoms with Crippen molar-refractivity contribution in [2.24, 2.45) is 4.99 Å². The fourth-order valence-electron chi connectivity index (χ4n) is 3.06. The van der Waals surface area contributed by atoms with Crippen molar-refractivity contribution in [3.05, 3.63) is 98.4 Å². The summed E-state index contributed by atoms with van der Waals surface area (Å²) < 4.78 is 0. The third-order valence-corrected chi connectivity index (χ3v) is 6.35. The highest BCUT2D eigenvalue weighted by molar-refractivity contribution is 8.19. The van der Waals surface area contributed by atoms with E-state index in [0.29, 0.717) is 25.8 Å². The molecule has 1 saturated heterocycles. The molecule has 0 N–H and O–H groups in total. The second kappa shape index (κ2) is 8.68. The monoisotopic (exact) mass is 452 g/mol. The summed E-state index contributed by atoms with van der Waals surface area (Å²) in [5.74, 6) is -0.115. The Kier molecular flexibility index (Phi) is 6.00. The van der Waals surface area contributed by atoms with E-state index in [1.165, 1.54) is 17.3 Å². The molecule has 3 aromatic rings. The Bertz CT molecular complexity index is 1170. The molecule has 0 spiro atoms. The number of hydrogen-bond acceptors (Lipinski definition) is 3. The molecule has 4 rings (SSSR count). The van der Waals surface area contributed by atoms with Gasteiger partial charge in [-0.05, 0) is 96.9 Å². The number of thioether (sulfide) groups is 1. The highest BCUT2D eigenvalue weighted by Gasteiger charge is 2.34. The molecule has 0 saturated carbocycles. The van der Waals surface area contributed by atoms with Crippen molar-refractivity contribution in [1.82, 2.24) is 0 Å². The minimum Gasteiger partial charge on any atom is -0.268 e. The summed E-state index contributed by atoms with van der Waals surface area (Å²) in [6, 6.07) is 20.5. The fourth-order valence-corrected chi connectivity index (χ4v) is 4.31. The first-order valence-corrected chi connectivity index (χ1v) is 10.9. The normalized spacial score (nSPS) is 16.7. The van der Waals surface area contributed by atoms with Crippen LogP contribution in [-0.2, 0) is 4.79 Å². The summed E-state index contributed by atoms with van der Waals surface area (Å²) in [5, 5.41) is 1.83. The number of carbonyl (C=O) groups excluding carboxylic acids is 1. The van der Waals surface area contributed by atoms with E-state index in [9.17, 15) is 4.79 Å². The molecule has 30 heavy (non-hydrogen) atoms. The van der Waals surface area contributed by atoms with Crippen LogP contribution in [0.15, 0.2) is 76.6 Å². The highest BCUT2D eigenvalue weighted by Crippen LogP contribution is 2.38. The van der Waals surface area contributed by atoms with Crippen molar-refractivity contribution in [3.8, 4) is 0 Å². The van der Waals surface area contributed by atoms with Crippen molar-refractivity contribution >= 4 is 63.5 Å². The van der Waals surface area contributed by atoms with Gasteiger partial charge in [0.25, 0.3) is 5.91 Å². The number of halogens is 2. The molecular weight excluding hydrogens is 435 g/mol. The minimum absolute atomic E-state index is 0.115. The standard InChI is InChI=1S/C24H18Cl2N2OS/c1-15-4-3-5-17(16(15)2)14-22-23(29)28(21-12-8-19(26)9-13-21)24(30-22)27-20-10-6-18(25)7-11-20/h3-14H,1-2H3/b22-14-,27-24?. The number of hydrogen-bond donors (Lipinski definition) is 0. The van der Waals surface area contributed by atoms with Crippen LogP contribution >= 0.6 is 35.0 Å². The van der Waals surface area contributed by atoms with Gasteiger partial charge in [-0.15, -0.1) is 0 Å². The van der Waals surface area contributed by atoms with E-state index in [2.05, 4.69) is 19.9 Å². The average molecular weight is 453 g/mol. The average Bonchev–Trinajstić information content (AvgIpc) is 3.03. The maximum Gasteiger partial charge on any atom is 0.271 e. The summed E-state index contributed by atoms with van der Waals surface area (Å²) in [5.41, 5.74) is 4.80. The van der Waals surface area contributed by atoms with Gasteiger partial charge in [-0.2, -0.15) is 0 Å². The maximum absolute atomic E-state index is 13.3. The molecule has 3 aromatic carbocycles. The van der Waals surface area contributed by atoms with Gasteiger partial charge in [-0.3, -0.25) is 9.69 Å². The van der Waals surface area contributed by atoms with E-state index in [0.717, 1.165) is 16.8 Å². The number of amides is 1. The lowest BCUT2D eigenvalue weighted by Gasteiger charge is -2.15. The molecule has 1 fully saturated rings. The van der Waals surface area contributed by atoms with Crippen LogP contribution in [0, 0.1) is 13.8 Å². The zero-order chi connectivity index (χ0) is 21.3. The molecule has 150 valence electrons. The molecule has 1 aliphatic heterocycles. The smallest absolute Gasteiger partial charge is 0.268 e. The molecule has 0 radical (unpaired) electrons. The number of carbonyl (C=O) groups is 1. The van der Waals surface area contributed by atoms with Crippen LogP contribution in [0.2, 0.25) is 10.0 Å². The molecule has 1 aliphatic rings. The van der Waals surface area contributed by atoms with Crippen molar-refractivity contribution in [2.75, 3.05) is 4.90 Å². The fraction of sp³-hybridized carbons (Fsp3) is 0.0833. The van der Waals surface area contributed by atoms with E-state index in [4.69, 9.17) is 28.2 Å². The van der Waals surface area contributed by atoms with Gasteiger partial charge in [-0.1, -0.05) is 41.4 Å². The van der Waals surface area contributed by atoms with Crippen molar-refractivity contribution < 1.29 is 4.79 Å². The van der Waals surface area contributed by atoms with Gasteiger partial charge in [0.2, 0.25) is 0 Å². The van der Waals surface area contributed by atoms with E-state index >= 15 is 0 Å². The third-order valence-electron chi connectivity index (χ3n) is 4.88. The first kappa shape index (κ1) is 20.7. The first-order chi connectivity index (χ1) is 14.4. The van der Waals surface area contributed by atoms with Crippen molar-refractivity contribution in [2.45, 2.75) is 13.8 Å². The number of amidine groups is 1. The Morgan fingerprint density at radius 3 is 2.20 bits per heavy atom. The Morgan fingerprint density at radius 1 is 0.900 bits per heavy atom. The van der Waals surface area contributed by atoms with E-state index in [1.807, 2.05) is 42.5 Å². The quantitative estimate of drug-likeness (QED) is 0.387. The van der Waals surface area contributed by atoms with Crippen LogP contribution in [-0.4, -0.2) is 11.1 Å². The summed E-state index contributed by atoms with van der Waals surface area (Å²) >= 11 is 13.4. The number of benzene rings is 3. The molecule has 0 unspecified atom stereocenters. The summed E-state index contributed by atoms with van der Waals surface area (Å²) in [6.07, 6.45) is 1.93. The Morgan fingerprint density at radius 2 is 1.53 bits per heavy atom. The molecule has 0 aromatic heterocycles. The van der Waals surface area contributed by atoms with Gasteiger partial charge in [-0.25, -0.2) is 4.99 Å². The van der Waals surface area contributed by atoms with Crippen LogP contribution in [0.25, 0.3) is 6.08 Å². The van der Waals surface area contributed by atoms with Crippen LogP contribution in [0.5, 0.6) is 0 Å². The third kappa shape index (κ3) is 4.31. The summed E-state index contributed by atoms with van der Waals surface area (Å²) in [4.78, 5) is 20.3. The SMILES string of the molecule is Cc1cccc(/C=C2\SC(=Nc3ccc(Cl)cc3)N(c3ccc(Cl)cc3)C2=O)c1C. The number of aliphatic imine (C=N–C) groups is 1. The molecular formula is C24H18Cl2N2OS. The lowest BCUT2D eigenvalue weighted by molar-refractivity contribution is -0.113. The van der Waals surface area contributed by atoms with E-state index < -0.39 is 0 Å². The van der Waals surface area contributed by atoms with E-state index in [1.54, 1.807) is 29.2 Å². The lowest BCUT2D eigenvalue weighted by Crippen LogP contribution is -2.28. The van der Waals surface area contributed by atoms with Gasteiger partial charge >= 0.3 is 0 Å². The maximum atomic E-state index is 13.3. The van der Waals surface area contributed by atoms with Crippen LogP contribution in [0.1, 0.15) is 16.7 Å². The van der Waals surface area contributed by atoms with Gasteiger partial charge in [0.15, 0.2) is 5.17 Å². The van der Waals surface area contributed by atoms with Crippen LogP contribution in [0.4, 0.5) is 11.4 Å².